The number of nitro groups is 1. The zero-order valence-electron chi connectivity index (χ0n) is 19.4. The van der Waals surface area contributed by atoms with Crippen LogP contribution in [0.15, 0.2) is 65.4 Å². The van der Waals surface area contributed by atoms with Gasteiger partial charge < -0.3 is 10.1 Å². The van der Waals surface area contributed by atoms with E-state index in [-0.39, 0.29) is 40.2 Å². The van der Waals surface area contributed by atoms with Gasteiger partial charge in [0, 0.05) is 29.4 Å². The molecule has 38 heavy (non-hydrogen) atoms. The van der Waals surface area contributed by atoms with Gasteiger partial charge in [-0.15, -0.1) is 0 Å². The largest absolute Gasteiger partial charge is 0.444 e. The van der Waals surface area contributed by atoms with Crippen LogP contribution in [-0.4, -0.2) is 31.7 Å². The number of carbonyl (C=O) groups is 2. The maximum Gasteiger partial charge on any atom is 0.412 e. The molecule has 2 heterocycles. The average Bonchev–Trinajstić information content (AvgIpc) is 3.26. The number of aryl methyl sites for hydroxylation is 1. The minimum Gasteiger partial charge on any atom is -0.444 e. The fraction of sp³-hybridized carbons (Fsp3) is 0.0833. The highest BCUT2D eigenvalue weighted by Gasteiger charge is 2.21. The zero-order chi connectivity index (χ0) is 27.4. The molecule has 2 aromatic heterocycles. The summed E-state index contributed by atoms with van der Waals surface area (Å²) < 4.78 is 6.90. The van der Waals surface area contributed by atoms with E-state index in [1.54, 1.807) is 25.1 Å². The molecule has 0 aliphatic rings. The van der Waals surface area contributed by atoms with Gasteiger partial charge in [-0.05, 0) is 70.4 Å². The fourth-order valence-electron chi connectivity index (χ4n) is 3.40. The number of anilines is 2. The molecular formula is C24H17BrCl2N6O5. The fourth-order valence-corrected chi connectivity index (χ4v) is 4.25. The number of pyridine rings is 1. The maximum atomic E-state index is 13.3. The van der Waals surface area contributed by atoms with Crippen LogP contribution in [0.3, 0.4) is 0 Å². The topological polar surface area (TPSA) is 141 Å². The number of carbonyl (C=O) groups excluding carboxylic acids is 2. The van der Waals surface area contributed by atoms with E-state index in [0.29, 0.717) is 20.8 Å². The van der Waals surface area contributed by atoms with Gasteiger partial charge in [-0.1, -0.05) is 23.2 Å². The molecule has 4 aromatic rings. The van der Waals surface area contributed by atoms with Crippen molar-refractivity contribution in [2.24, 2.45) is 0 Å². The Morgan fingerprint density at radius 1 is 1.13 bits per heavy atom. The summed E-state index contributed by atoms with van der Waals surface area (Å²) in [6.45, 7) is 1.57. The Morgan fingerprint density at radius 3 is 2.55 bits per heavy atom. The maximum absolute atomic E-state index is 13.3. The highest BCUT2D eigenvalue weighted by atomic mass is 79.9. The number of amides is 2. The van der Waals surface area contributed by atoms with Gasteiger partial charge in [-0.25, -0.2) is 14.5 Å². The Morgan fingerprint density at radius 2 is 1.87 bits per heavy atom. The minimum atomic E-state index is -0.825. The predicted octanol–water partition coefficient (Wildman–Crippen LogP) is 6.55. The molecule has 0 unspecified atom stereocenters. The zero-order valence-corrected chi connectivity index (χ0v) is 22.5. The number of rotatable bonds is 7. The number of halogens is 3. The Labute approximate surface area is 234 Å². The van der Waals surface area contributed by atoms with Crippen LogP contribution in [-0.2, 0) is 11.3 Å². The van der Waals surface area contributed by atoms with Crippen molar-refractivity contribution in [2.75, 3.05) is 10.6 Å². The predicted molar refractivity (Wildman–Crippen MR) is 145 cm³/mol. The van der Waals surface area contributed by atoms with E-state index in [1.807, 2.05) is 0 Å². The van der Waals surface area contributed by atoms with Gasteiger partial charge in [0.2, 0.25) is 0 Å². The van der Waals surface area contributed by atoms with Crippen molar-refractivity contribution in [1.82, 2.24) is 14.8 Å². The van der Waals surface area contributed by atoms with E-state index < -0.39 is 16.9 Å². The molecule has 11 nitrogen and oxygen atoms in total. The van der Waals surface area contributed by atoms with Crippen LogP contribution in [0, 0.1) is 17.0 Å². The average molecular weight is 620 g/mol. The number of aromatic nitrogens is 3. The smallest absolute Gasteiger partial charge is 0.412 e. The second kappa shape index (κ2) is 11.6. The number of benzene rings is 2. The molecule has 14 heteroatoms. The molecule has 0 saturated heterocycles. The van der Waals surface area contributed by atoms with Crippen molar-refractivity contribution in [1.29, 1.82) is 0 Å². The molecule has 194 valence electrons. The first-order chi connectivity index (χ1) is 18.1. The number of ether oxygens (including phenoxy) is 1. The number of hydrogen-bond acceptors (Lipinski definition) is 7. The van der Waals surface area contributed by atoms with Crippen molar-refractivity contribution in [3.05, 3.63) is 102 Å². The second-order valence-electron chi connectivity index (χ2n) is 7.80. The van der Waals surface area contributed by atoms with Crippen molar-refractivity contribution in [3.63, 3.8) is 0 Å². The first kappa shape index (κ1) is 27.0. The van der Waals surface area contributed by atoms with E-state index in [2.05, 4.69) is 36.6 Å². The van der Waals surface area contributed by atoms with E-state index in [4.69, 9.17) is 27.9 Å². The lowest BCUT2D eigenvalue weighted by atomic mass is 10.1. The summed E-state index contributed by atoms with van der Waals surface area (Å²) in [6.07, 6.45) is 0.695. The molecule has 2 amide bonds. The van der Waals surface area contributed by atoms with Gasteiger partial charge >= 0.3 is 6.09 Å². The lowest BCUT2D eigenvalue weighted by Crippen LogP contribution is -2.20. The molecule has 2 N–H and O–H groups in total. The Bertz CT molecular complexity index is 1540. The molecule has 0 aliphatic carbocycles. The summed E-state index contributed by atoms with van der Waals surface area (Å²) in [6, 6.07) is 13.4. The summed E-state index contributed by atoms with van der Waals surface area (Å²) in [5.41, 5.74) is 1.64. The van der Waals surface area contributed by atoms with Crippen LogP contribution in [0.25, 0.3) is 5.82 Å². The van der Waals surface area contributed by atoms with Crippen LogP contribution < -0.4 is 10.6 Å². The molecule has 0 bridgehead atoms. The van der Waals surface area contributed by atoms with Gasteiger partial charge in [-0.2, -0.15) is 5.10 Å². The van der Waals surface area contributed by atoms with Crippen LogP contribution in [0.1, 0.15) is 21.6 Å². The lowest BCUT2D eigenvalue weighted by Gasteiger charge is -2.16. The van der Waals surface area contributed by atoms with Crippen molar-refractivity contribution in [3.8, 4) is 5.82 Å². The summed E-state index contributed by atoms with van der Waals surface area (Å²) in [4.78, 5) is 40.3. The molecular weight excluding hydrogens is 603 g/mol. The molecule has 2 aromatic carbocycles. The molecule has 0 aliphatic heterocycles. The second-order valence-corrected chi connectivity index (χ2v) is 9.45. The monoisotopic (exact) mass is 618 g/mol. The summed E-state index contributed by atoms with van der Waals surface area (Å²) in [7, 11) is 0. The Balaban J connectivity index is 1.53. The number of hydrogen-bond donors (Lipinski definition) is 2. The highest BCUT2D eigenvalue weighted by molar-refractivity contribution is 9.10. The van der Waals surface area contributed by atoms with E-state index in [1.165, 1.54) is 47.3 Å². The molecule has 0 atom stereocenters. The third kappa shape index (κ3) is 6.28. The minimum absolute atomic E-state index is 0.0772. The number of nitrogens with zero attached hydrogens (tertiary/aromatic N) is 4. The Hall–Kier alpha value is -4.00. The first-order valence-corrected chi connectivity index (χ1v) is 12.3. The number of nitro benzene ring substituents is 1. The summed E-state index contributed by atoms with van der Waals surface area (Å²) >= 11 is 15.7. The Kier molecular flexibility index (Phi) is 8.25. The third-order valence-corrected chi connectivity index (χ3v) is 6.05. The van der Waals surface area contributed by atoms with Gasteiger partial charge in [0.25, 0.3) is 11.6 Å². The van der Waals surface area contributed by atoms with Gasteiger partial charge in [0.15, 0.2) is 5.82 Å². The van der Waals surface area contributed by atoms with Crippen LogP contribution >= 0.6 is 39.1 Å². The molecule has 4 rings (SSSR count). The van der Waals surface area contributed by atoms with Crippen LogP contribution in [0.5, 0.6) is 0 Å². The van der Waals surface area contributed by atoms with E-state index in [9.17, 15) is 19.7 Å². The summed E-state index contributed by atoms with van der Waals surface area (Å²) in [5, 5.41) is 21.0. The highest BCUT2D eigenvalue weighted by Crippen LogP contribution is 2.31. The van der Waals surface area contributed by atoms with Crippen LogP contribution in [0.4, 0.5) is 21.9 Å². The lowest BCUT2D eigenvalue weighted by molar-refractivity contribution is -0.384. The van der Waals surface area contributed by atoms with Crippen molar-refractivity contribution in [2.45, 2.75) is 13.5 Å². The first-order valence-electron chi connectivity index (χ1n) is 10.8. The SMILES string of the molecule is Cc1cc(Cl)cc(NC(=O)OCc2ccc([N+](=O)[O-])cc2)c1NC(=O)c1cc(Br)nn1-c1ncccc1Cl. The molecule has 0 spiro atoms. The van der Waals surface area contributed by atoms with Crippen LogP contribution in [0.2, 0.25) is 10.0 Å². The molecule has 0 radical (unpaired) electrons. The quantitative estimate of drug-likeness (QED) is 0.176. The normalized spacial score (nSPS) is 10.6. The van der Waals surface area contributed by atoms with Gasteiger partial charge in [0.1, 0.15) is 16.9 Å². The van der Waals surface area contributed by atoms with E-state index >= 15 is 0 Å². The number of nitrogens with one attached hydrogen (secondary N) is 2. The third-order valence-electron chi connectivity index (χ3n) is 5.14. The molecule has 0 fully saturated rings. The van der Waals surface area contributed by atoms with Gasteiger partial charge in [-0.3, -0.25) is 20.2 Å². The number of non-ortho nitro benzene ring substituents is 1. The molecule has 0 saturated carbocycles. The van der Waals surface area contributed by atoms with Crippen molar-refractivity contribution < 1.29 is 19.2 Å². The van der Waals surface area contributed by atoms with E-state index in [0.717, 1.165) is 0 Å². The van der Waals surface area contributed by atoms with Crippen molar-refractivity contribution >= 4 is 68.2 Å². The van der Waals surface area contributed by atoms with Gasteiger partial charge in [0.05, 0.1) is 21.3 Å². The standard InChI is InChI=1S/C24H17BrCl2N6O5/c1-13-9-15(26)10-18(29-24(35)38-12-14-4-6-16(7-5-14)33(36)37)21(13)30-23(34)19-11-20(25)31-32(19)22-17(27)3-2-8-28-22/h2-11H,12H2,1H3,(H,29,35)(H,30,34). The summed E-state index contributed by atoms with van der Waals surface area (Å²) in [5.74, 6) is -0.302.